The maximum Gasteiger partial charge on any atom is 0.268 e. The van der Waals surface area contributed by atoms with Crippen LogP contribution in [0.3, 0.4) is 0 Å². The van der Waals surface area contributed by atoms with Crippen molar-refractivity contribution in [1.29, 1.82) is 5.26 Å². The number of nitrogens with zero attached hydrogens (tertiary/aromatic N) is 3. The van der Waals surface area contributed by atoms with E-state index < -0.39 is 15.7 Å². The summed E-state index contributed by atoms with van der Waals surface area (Å²) >= 11 is 2.41. The van der Waals surface area contributed by atoms with Gasteiger partial charge in [-0.25, -0.2) is 8.42 Å². The molecule has 1 N–H and O–H groups in total. The molecule has 0 saturated heterocycles. The van der Waals surface area contributed by atoms with Crippen molar-refractivity contribution in [3.8, 4) is 17.6 Å². The molecule has 0 aliphatic carbocycles. The maximum absolute atomic E-state index is 12.5. The Morgan fingerprint density at radius 3 is 2.64 bits per heavy atom. The first-order chi connectivity index (χ1) is 17.2. The largest absolute Gasteiger partial charge is 0.493 e. The van der Waals surface area contributed by atoms with Crippen LogP contribution in [0.15, 0.2) is 58.1 Å². The molecule has 9 nitrogen and oxygen atoms in total. The second kappa shape index (κ2) is 12.5. The maximum atomic E-state index is 12.5. The smallest absolute Gasteiger partial charge is 0.268 e. The Bertz CT molecular complexity index is 1390. The van der Waals surface area contributed by atoms with Crippen LogP contribution < -0.4 is 14.8 Å². The fourth-order valence-corrected chi connectivity index (χ4v) is 5.15. The first-order valence-electron chi connectivity index (χ1n) is 10.8. The van der Waals surface area contributed by atoms with Crippen molar-refractivity contribution in [2.24, 2.45) is 0 Å². The summed E-state index contributed by atoms with van der Waals surface area (Å²) in [5, 5.41) is 11.5. The number of ether oxygens (including phenoxy) is 2. The van der Waals surface area contributed by atoms with E-state index in [4.69, 9.17) is 9.47 Å². The molecule has 0 aliphatic heterocycles. The van der Waals surface area contributed by atoms with Crippen LogP contribution >= 0.6 is 23.3 Å². The standard InChI is InChI=1S/C24H24N4O5S3/c1-4-36(30,31)24-27-23(35-28-24)26-22(29)18(15-25)13-17-7-10-20(21(14-17)32-3)33-11-12-34-19-8-5-16(2)6-9-19/h5-10,13-14H,4,11-12H2,1-3H3,(H,26,27,28,29)/b18-13-. The van der Waals surface area contributed by atoms with E-state index in [0.29, 0.717) is 23.7 Å². The van der Waals surface area contributed by atoms with Crippen LogP contribution in [0.5, 0.6) is 11.5 Å². The molecule has 1 aromatic heterocycles. The molecule has 1 amide bonds. The average molecular weight is 545 g/mol. The van der Waals surface area contributed by atoms with Crippen molar-refractivity contribution >= 4 is 50.2 Å². The number of amides is 1. The van der Waals surface area contributed by atoms with Gasteiger partial charge in [0, 0.05) is 22.2 Å². The zero-order valence-corrected chi connectivity index (χ0v) is 22.3. The number of methoxy groups -OCH3 is 1. The van der Waals surface area contributed by atoms with Gasteiger partial charge in [0.1, 0.15) is 11.6 Å². The zero-order valence-electron chi connectivity index (χ0n) is 19.8. The highest BCUT2D eigenvalue weighted by molar-refractivity contribution is 7.99. The van der Waals surface area contributed by atoms with Gasteiger partial charge in [-0.1, -0.05) is 30.7 Å². The summed E-state index contributed by atoms with van der Waals surface area (Å²) in [6, 6.07) is 15.2. The molecule has 1 heterocycles. The van der Waals surface area contributed by atoms with Crippen LogP contribution in [-0.4, -0.2) is 48.9 Å². The van der Waals surface area contributed by atoms with E-state index in [-0.39, 0.29) is 21.6 Å². The Labute approximate surface area is 218 Å². The fourth-order valence-electron chi connectivity index (χ4n) is 2.83. The summed E-state index contributed by atoms with van der Waals surface area (Å²) in [5.41, 5.74) is 1.56. The van der Waals surface area contributed by atoms with Gasteiger partial charge in [0.25, 0.3) is 11.1 Å². The molecule has 12 heteroatoms. The van der Waals surface area contributed by atoms with Gasteiger partial charge in [-0.15, -0.1) is 11.8 Å². The normalized spacial score (nSPS) is 11.6. The number of sulfone groups is 1. The molecule has 188 valence electrons. The van der Waals surface area contributed by atoms with Crippen molar-refractivity contribution in [3.63, 3.8) is 0 Å². The number of carbonyl (C=O) groups is 1. The zero-order chi connectivity index (χ0) is 26.1. The molecule has 3 rings (SSSR count). The number of aromatic nitrogens is 2. The monoisotopic (exact) mass is 544 g/mol. The third-order valence-electron chi connectivity index (χ3n) is 4.78. The molecular formula is C24H24N4O5S3. The second-order valence-corrected chi connectivity index (χ2v) is 11.4. The fraction of sp³-hybridized carbons (Fsp3) is 0.250. The number of rotatable bonds is 11. The molecule has 0 bridgehead atoms. The van der Waals surface area contributed by atoms with Crippen molar-refractivity contribution in [1.82, 2.24) is 9.36 Å². The third kappa shape index (κ3) is 7.30. The topological polar surface area (TPSA) is 131 Å². The predicted molar refractivity (Wildman–Crippen MR) is 140 cm³/mol. The molecule has 0 atom stereocenters. The molecular weight excluding hydrogens is 520 g/mol. The summed E-state index contributed by atoms with van der Waals surface area (Å²) in [6.45, 7) is 3.98. The number of thioether (sulfide) groups is 1. The van der Waals surface area contributed by atoms with E-state index >= 15 is 0 Å². The minimum atomic E-state index is -3.59. The first-order valence-corrected chi connectivity index (χ1v) is 14.2. The lowest BCUT2D eigenvalue weighted by Crippen LogP contribution is -2.13. The Kier molecular flexibility index (Phi) is 9.46. The summed E-state index contributed by atoms with van der Waals surface area (Å²) in [4.78, 5) is 17.5. The van der Waals surface area contributed by atoms with Gasteiger partial charge in [0.2, 0.25) is 15.0 Å². The van der Waals surface area contributed by atoms with Crippen LogP contribution in [0.4, 0.5) is 5.13 Å². The number of benzene rings is 2. The molecule has 0 spiro atoms. The van der Waals surface area contributed by atoms with Crippen LogP contribution in [0, 0.1) is 18.3 Å². The lowest BCUT2D eigenvalue weighted by molar-refractivity contribution is -0.112. The van der Waals surface area contributed by atoms with E-state index in [1.807, 2.05) is 13.0 Å². The summed E-state index contributed by atoms with van der Waals surface area (Å²) in [5.74, 6) is 0.857. The lowest BCUT2D eigenvalue weighted by atomic mass is 10.1. The molecule has 0 fully saturated rings. The van der Waals surface area contributed by atoms with Crippen LogP contribution in [0.1, 0.15) is 18.1 Å². The Morgan fingerprint density at radius 1 is 1.22 bits per heavy atom. The van der Waals surface area contributed by atoms with Crippen LogP contribution in [0.2, 0.25) is 0 Å². The summed E-state index contributed by atoms with van der Waals surface area (Å²) in [6.07, 6.45) is 1.39. The molecule has 0 radical (unpaired) electrons. The number of hydrogen-bond acceptors (Lipinski definition) is 10. The predicted octanol–water partition coefficient (Wildman–Crippen LogP) is 4.37. The minimum Gasteiger partial charge on any atom is -0.493 e. The van der Waals surface area contributed by atoms with Gasteiger partial charge < -0.3 is 9.47 Å². The number of anilines is 1. The number of nitriles is 1. The van der Waals surface area contributed by atoms with Crippen molar-refractivity contribution in [2.75, 3.05) is 30.5 Å². The number of carbonyl (C=O) groups excluding carboxylic acids is 1. The Balaban J connectivity index is 1.64. The minimum absolute atomic E-state index is 0.0157. The van der Waals surface area contributed by atoms with Crippen LogP contribution in [-0.2, 0) is 14.6 Å². The second-order valence-electron chi connectivity index (χ2n) is 7.33. The van der Waals surface area contributed by atoms with Crippen molar-refractivity contribution in [3.05, 3.63) is 59.2 Å². The Morgan fingerprint density at radius 2 is 1.97 bits per heavy atom. The number of hydrogen-bond donors (Lipinski definition) is 1. The number of nitrogens with one attached hydrogen (secondary N) is 1. The highest BCUT2D eigenvalue weighted by atomic mass is 32.2. The van der Waals surface area contributed by atoms with E-state index in [0.717, 1.165) is 22.2 Å². The number of aryl methyl sites for hydroxylation is 1. The molecule has 0 saturated carbocycles. The van der Waals surface area contributed by atoms with Crippen LogP contribution in [0.25, 0.3) is 6.08 Å². The quantitative estimate of drug-likeness (QED) is 0.162. The average Bonchev–Trinajstić information content (AvgIpc) is 3.36. The molecule has 2 aromatic carbocycles. The van der Waals surface area contributed by atoms with Gasteiger partial charge in [-0.2, -0.15) is 14.6 Å². The molecule has 3 aromatic rings. The van der Waals surface area contributed by atoms with Gasteiger partial charge in [-0.3, -0.25) is 10.1 Å². The van der Waals surface area contributed by atoms with E-state index in [2.05, 4.69) is 38.9 Å². The highest BCUT2D eigenvalue weighted by Crippen LogP contribution is 2.29. The van der Waals surface area contributed by atoms with Gasteiger partial charge in [-0.05, 0) is 42.8 Å². The highest BCUT2D eigenvalue weighted by Gasteiger charge is 2.20. The molecule has 0 unspecified atom stereocenters. The molecule has 0 aliphatic rings. The van der Waals surface area contributed by atoms with Crippen molar-refractivity contribution in [2.45, 2.75) is 23.9 Å². The summed E-state index contributed by atoms with van der Waals surface area (Å²) < 4.78 is 38.7. The van der Waals surface area contributed by atoms with Gasteiger partial charge in [0.05, 0.1) is 19.5 Å². The van der Waals surface area contributed by atoms with Gasteiger partial charge >= 0.3 is 0 Å². The van der Waals surface area contributed by atoms with Gasteiger partial charge in [0.15, 0.2) is 11.5 Å². The van der Waals surface area contributed by atoms with E-state index in [1.165, 1.54) is 25.7 Å². The molecule has 36 heavy (non-hydrogen) atoms. The summed E-state index contributed by atoms with van der Waals surface area (Å²) in [7, 11) is -2.09. The lowest BCUT2D eigenvalue weighted by Gasteiger charge is -2.11. The SMILES string of the molecule is CCS(=O)(=O)c1nsc(NC(=O)/C(C#N)=C\c2ccc(OCCSc3ccc(C)cc3)c(OC)c2)n1. The first kappa shape index (κ1) is 27.2. The van der Waals surface area contributed by atoms with E-state index in [9.17, 15) is 18.5 Å². The Hall–Kier alpha value is -3.40. The van der Waals surface area contributed by atoms with Crippen molar-refractivity contribution < 1.29 is 22.7 Å². The third-order valence-corrected chi connectivity index (χ3v) is 8.00. The van der Waals surface area contributed by atoms with E-state index in [1.54, 1.807) is 30.0 Å².